The van der Waals surface area contributed by atoms with Crippen molar-refractivity contribution >= 4 is 5.91 Å². The fourth-order valence-electron chi connectivity index (χ4n) is 2.25. The number of carbonyl (C=O) groups excluding carboxylic acids is 1. The van der Waals surface area contributed by atoms with Gasteiger partial charge in [-0.2, -0.15) is 0 Å². The molecular formula is C13H24N2O. The van der Waals surface area contributed by atoms with E-state index in [4.69, 9.17) is 0 Å². The van der Waals surface area contributed by atoms with Gasteiger partial charge < -0.3 is 10.2 Å². The average molecular weight is 224 g/mol. The predicted octanol–water partition coefficient (Wildman–Crippen LogP) is 1.80. The summed E-state index contributed by atoms with van der Waals surface area (Å²) in [5.41, 5.74) is 0. The minimum absolute atomic E-state index is 0.227. The fourth-order valence-corrected chi connectivity index (χ4v) is 2.25. The molecule has 16 heavy (non-hydrogen) atoms. The Balaban J connectivity index is 2.34. The molecule has 0 spiro atoms. The summed E-state index contributed by atoms with van der Waals surface area (Å²) >= 11 is 0. The first-order valence-corrected chi connectivity index (χ1v) is 6.24. The van der Waals surface area contributed by atoms with Crippen LogP contribution in [-0.2, 0) is 4.79 Å². The van der Waals surface area contributed by atoms with E-state index in [0.29, 0.717) is 11.9 Å². The number of piperidine rings is 1. The molecule has 1 rings (SSSR count). The molecule has 0 aromatic carbocycles. The van der Waals surface area contributed by atoms with Crippen LogP contribution in [0.25, 0.3) is 0 Å². The van der Waals surface area contributed by atoms with Crippen LogP contribution in [0.15, 0.2) is 12.7 Å². The van der Waals surface area contributed by atoms with Crippen LogP contribution in [0.5, 0.6) is 0 Å². The van der Waals surface area contributed by atoms with Crippen molar-refractivity contribution in [1.82, 2.24) is 10.2 Å². The van der Waals surface area contributed by atoms with Crippen LogP contribution in [0.1, 0.15) is 32.6 Å². The van der Waals surface area contributed by atoms with E-state index >= 15 is 0 Å². The van der Waals surface area contributed by atoms with Gasteiger partial charge in [0.15, 0.2) is 0 Å². The summed E-state index contributed by atoms with van der Waals surface area (Å²) < 4.78 is 0. The summed E-state index contributed by atoms with van der Waals surface area (Å²) in [6.45, 7) is 7.66. The maximum absolute atomic E-state index is 12.1. The Labute approximate surface area is 98.9 Å². The molecule has 0 aliphatic carbocycles. The van der Waals surface area contributed by atoms with Gasteiger partial charge in [-0.1, -0.05) is 6.08 Å². The number of hydrogen-bond donors (Lipinski definition) is 1. The highest BCUT2D eigenvalue weighted by molar-refractivity contribution is 5.78. The van der Waals surface area contributed by atoms with E-state index in [2.05, 4.69) is 18.8 Å². The minimum Gasteiger partial charge on any atom is -0.346 e. The maximum Gasteiger partial charge on any atom is 0.225 e. The Morgan fingerprint density at radius 3 is 3.00 bits per heavy atom. The summed E-state index contributed by atoms with van der Waals surface area (Å²) in [7, 11) is 1.91. The zero-order chi connectivity index (χ0) is 12.0. The molecular weight excluding hydrogens is 200 g/mol. The van der Waals surface area contributed by atoms with Crippen molar-refractivity contribution in [3.8, 4) is 0 Å². The lowest BCUT2D eigenvalue weighted by molar-refractivity contribution is -0.135. The second-order valence-corrected chi connectivity index (χ2v) is 4.77. The number of hydrogen-bond acceptors (Lipinski definition) is 2. The zero-order valence-corrected chi connectivity index (χ0v) is 10.5. The lowest BCUT2D eigenvalue weighted by Gasteiger charge is -2.30. The predicted molar refractivity (Wildman–Crippen MR) is 67.3 cm³/mol. The molecule has 1 aliphatic heterocycles. The van der Waals surface area contributed by atoms with Crippen LogP contribution < -0.4 is 5.32 Å². The Morgan fingerprint density at radius 2 is 2.38 bits per heavy atom. The Morgan fingerprint density at radius 1 is 1.62 bits per heavy atom. The number of nitrogens with one attached hydrogen (secondary N) is 1. The molecule has 92 valence electrons. The first-order chi connectivity index (χ1) is 7.65. The van der Waals surface area contributed by atoms with Gasteiger partial charge in [0.1, 0.15) is 0 Å². The first-order valence-electron chi connectivity index (χ1n) is 6.24. The minimum atomic E-state index is 0.227. The van der Waals surface area contributed by atoms with E-state index in [1.807, 2.05) is 18.0 Å². The molecule has 1 heterocycles. The Hall–Kier alpha value is -0.830. The van der Waals surface area contributed by atoms with Crippen molar-refractivity contribution in [3.05, 3.63) is 12.7 Å². The van der Waals surface area contributed by atoms with Crippen LogP contribution in [0, 0.1) is 5.92 Å². The third kappa shape index (κ3) is 3.97. The number of nitrogens with zero attached hydrogens (tertiary/aromatic N) is 1. The lowest BCUT2D eigenvalue weighted by Crippen LogP contribution is -2.43. The maximum atomic E-state index is 12.1. The number of carbonyl (C=O) groups is 1. The highest BCUT2D eigenvalue weighted by atomic mass is 16.2. The highest BCUT2D eigenvalue weighted by Crippen LogP contribution is 2.18. The first kappa shape index (κ1) is 13.2. The normalized spacial score (nSPS) is 25.1. The Kier molecular flexibility index (Phi) is 5.53. The Bertz CT molecular complexity index is 240. The van der Waals surface area contributed by atoms with Crippen LogP contribution in [0.3, 0.4) is 0 Å². The third-order valence-electron chi connectivity index (χ3n) is 3.25. The van der Waals surface area contributed by atoms with Crippen molar-refractivity contribution in [3.63, 3.8) is 0 Å². The lowest BCUT2D eigenvalue weighted by atomic mass is 9.92. The zero-order valence-electron chi connectivity index (χ0n) is 10.5. The van der Waals surface area contributed by atoms with E-state index in [1.165, 1.54) is 0 Å². The van der Waals surface area contributed by atoms with Gasteiger partial charge in [-0.15, -0.1) is 6.58 Å². The van der Waals surface area contributed by atoms with Crippen LogP contribution in [0.2, 0.25) is 0 Å². The quantitative estimate of drug-likeness (QED) is 0.570. The fraction of sp³-hybridized carbons (Fsp3) is 0.769. The molecule has 3 heteroatoms. The number of unbranched alkanes of at least 4 members (excludes halogenated alkanes) is 1. The molecule has 1 aliphatic rings. The van der Waals surface area contributed by atoms with Crippen molar-refractivity contribution in [2.24, 2.45) is 5.92 Å². The van der Waals surface area contributed by atoms with Gasteiger partial charge in [-0.25, -0.2) is 0 Å². The molecule has 0 radical (unpaired) electrons. The SMILES string of the molecule is C=CCCCN(C)C(=O)[C@H]1CCN[C@@H](C)C1. The topological polar surface area (TPSA) is 32.3 Å². The summed E-state index contributed by atoms with van der Waals surface area (Å²) in [5, 5.41) is 3.37. The van der Waals surface area contributed by atoms with Crippen molar-refractivity contribution < 1.29 is 4.79 Å². The molecule has 3 nitrogen and oxygen atoms in total. The third-order valence-corrected chi connectivity index (χ3v) is 3.25. The second kappa shape index (κ2) is 6.69. The second-order valence-electron chi connectivity index (χ2n) is 4.77. The average Bonchev–Trinajstić information content (AvgIpc) is 2.28. The van der Waals surface area contributed by atoms with E-state index in [0.717, 1.165) is 38.8 Å². The summed E-state index contributed by atoms with van der Waals surface area (Å²) in [6, 6.07) is 0.476. The van der Waals surface area contributed by atoms with Gasteiger partial charge in [0.05, 0.1) is 0 Å². The van der Waals surface area contributed by atoms with Crippen molar-refractivity contribution in [2.45, 2.75) is 38.6 Å². The van der Waals surface area contributed by atoms with Crippen LogP contribution in [-0.4, -0.2) is 37.0 Å². The molecule has 1 N–H and O–H groups in total. The van der Waals surface area contributed by atoms with E-state index in [1.54, 1.807) is 0 Å². The van der Waals surface area contributed by atoms with Gasteiger partial charge in [-0.05, 0) is 39.2 Å². The number of allylic oxidation sites excluding steroid dienone is 1. The van der Waals surface area contributed by atoms with Crippen molar-refractivity contribution in [2.75, 3.05) is 20.1 Å². The van der Waals surface area contributed by atoms with Gasteiger partial charge in [0.2, 0.25) is 5.91 Å². The molecule has 1 saturated heterocycles. The van der Waals surface area contributed by atoms with Gasteiger partial charge >= 0.3 is 0 Å². The monoisotopic (exact) mass is 224 g/mol. The molecule has 1 fully saturated rings. The van der Waals surface area contributed by atoms with Gasteiger partial charge in [-0.3, -0.25) is 4.79 Å². The van der Waals surface area contributed by atoms with E-state index < -0.39 is 0 Å². The summed E-state index contributed by atoms with van der Waals surface area (Å²) in [6.07, 6.45) is 5.87. The number of rotatable bonds is 5. The summed E-state index contributed by atoms with van der Waals surface area (Å²) in [4.78, 5) is 14.0. The van der Waals surface area contributed by atoms with Gasteiger partial charge in [0.25, 0.3) is 0 Å². The smallest absolute Gasteiger partial charge is 0.225 e. The number of amides is 1. The van der Waals surface area contributed by atoms with E-state index in [-0.39, 0.29) is 5.92 Å². The van der Waals surface area contributed by atoms with Crippen molar-refractivity contribution in [1.29, 1.82) is 0 Å². The molecule has 0 unspecified atom stereocenters. The van der Waals surface area contributed by atoms with Crippen LogP contribution in [0.4, 0.5) is 0 Å². The molecule has 0 aromatic rings. The van der Waals surface area contributed by atoms with Crippen LogP contribution >= 0.6 is 0 Å². The molecule has 0 saturated carbocycles. The van der Waals surface area contributed by atoms with E-state index in [9.17, 15) is 4.79 Å². The molecule has 2 atom stereocenters. The molecule has 0 bridgehead atoms. The largest absolute Gasteiger partial charge is 0.346 e. The molecule has 0 aromatic heterocycles. The standard InChI is InChI=1S/C13H24N2O/c1-4-5-6-9-15(3)13(16)12-7-8-14-11(2)10-12/h4,11-12,14H,1,5-10H2,2-3H3/t11-,12-/m0/s1. The van der Waals surface area contributed by atoms with Gasteiger partial charge in [0, 0.05) is 25.6 Å². The molecule has 1 amide bonds. The summed E-state index contributed by atoms with van der Waals surface area (Å²) in [5.74, 6) is 0.544. The highest BCUT2D eigenvalue weighted by Gasteiger charge is 2.26.